The molecule has 0 spiro atoms. The van der Waals surface area contributed by atoms with Crippen LogP contribution in [0.2, 0.25) is 0 Å². The fourth-order valence-corrected chi connectivity index (χ4v) is 1.26. The number of benzene rings is 1. The quantitative estimate of drug-likeness (QED) is 0.687. The van der Waals surface area contributed by atoms with Gasteiger partial charge in [0, 0.05) is 18.2 Å². The summed E-state index contributed by atoms with van der Waals surface area (Å²) in [6.07, 6.45) is 0.196. The molecule has 5 heteroatoms. The minimum atomic E-state index is -0.877. The van der Waals surface area contributed by atoms with Crippen molar-refractivity contribution >= 4 is 0 Å². The van der Waals surface area contributed by atoms with Crippen molar-refractivity contribution in [2.24, 2.45) is 5.73 Å². The van der Waals surface area contributed by atoms with E-state index < -0.39 is 17.6 Å². The first-order chi connectivity index (χ1) is 7.10. The fourth-order valence-electron chi connectivity index (χ4n) is 1.26. The van der Waals surface area contributed by atoms with Crippen molar-refractivity contribution in [3.05, 3.63) is 29.1 Å². The van der Waals surface area contributed by atoms with Crippen molar-refractivity contribution in [3.8, 4) is 11.8 Å². The number of nitriles is 1. The van der Waals surface area contributed by atoms with E-state index >= 15 is 0 Å². The third-order valence-corrected chi connectivity index (χ3v) is 2.06. The zero-order chi connectivity index (χ0) is 11.4. The summed E-state index contributed by atoms with van der Waals surface area (Å²) in [5.41, 5.74) is 5.83. The van der Waals surface area contributed by atoms with Crippen LogP contribution in [-0.2, 0) is 0 Å². The largest absolute Gasteiger partial charge is 0.505 e. The number of phenols is 1. The molecule has 0 aliphatic carbocycles. The summed E-state index contributed by atoms with van der Waals surface area (Å²) in [7, 11) is 0. The number of aliphatic hydroxyl groups is 1. The van der Waals surface area contributed by atoms with Crippen LogP contribution in [0.25, 0.3) is 0 Å². The van der Waals surface area contributed by atoms with Gasteiger partial charge in [0.2, 0.25) is 0 Å². The number of halogens is 1. The second-order valence-corrected chi connectivity index (χ2v) is 3.13. The Morgan fingerprint density at radius 2 is 2.20 bits per heavy atom. The molecule has 4 N–H and O–H groups in total. The number of aliphatic hydroxyl groups excluding tert-OH is 1. The number of aromatic hydroxyl groups is 1. The van der Waals surface area contributed by atoms with E-state index in [0.29, 0.717) is 0 Å². The van der Waals surface area contributed by atoms with Crippen molar-refractivity contribution in [1.82, 2.24) is 0 Å². The van der Waals surface area contributed by atoms with Gasteiger partial charge in [-0.05, 0) is 18.6 Å². The summed E-state index contributed by atoms with van der Waals surface area (Å²) in [5, 5.41) is 26.6. The third-order valence-electron chi connectivity index (χ3n) is 2.06. The zero-order valence-electron chi connectivity index (χ0n) is 7.94. The minimum absolute atomic E-state index is 0.0914. The van der Waals surface area contributed by atoms with E-state index in [2.05, 4.69) is 0 Å². The van der Waals surface area contributed by atoms with Gasteiger partial charge in [-0.2, -0.15) is 5.26 Å². The van der Waals surface area contributed by atoms with Crippen LogP contribution in [0.4, 0.5) is 4.39 Å². The number of nitrogens with two attached hydrogens (primary N) is 1. The van der Waals surface area contributed by atoms with E-state index in [-0.39, 0.29) is 24.2 Å². The van der Waals surface area contributed by atoms with Crippen LogP contribution >= 0.6 is 0 Å². The van der Waals surface area contributed by atoms with Crippen LogP contribution in [-0.4, -0.2) is 16.8 Å². The Hall–Kier alpha value is -1.64. The molecule has 0 aliphatic heterocycles. The molecule has 0 heterocycles. The van der Waals surface area contributed by atoms with E-state index in [9.17, 15) is 9.50 Å². The molecule has 0 saturated carbocycles. The van der Waals surface area contributed by atoms with E-state index in [1.54, 1.807) is 6.07 Å². The van der Waals surface area contributed by atoms with Crippen LogP contribution in [0.3, 0.4) is 0 Å². The van der Waals surface area contributed by atoms with Gasteiger partial charge in [0.25, 0.3) is 0 Å². The SMILES string of the molecule is N#Cc1cc(F)c(O)c([C@@H](N)CCO)c1. The number of hydrogen-bond acceptors (Lipinski definition) is 4. The van der Waals surface area contributed by atoms with Crippen molar-refractivity contribution in [2.75, 3.05) is 6.61 Å². The molecule has 1 atom stereocenters. The first-order valence-corrected chi connectivity index (χ1v) is 4.39. The topological polar surface area (TPSA) is 90.3 Å². The molecule has 0 bridgehead atoms. The number of hydrogen-bond donors (Lipinski definition) is 3. The Bertz CT molecular complexity index is 401. The molecule has 0 aliphatic rings. The molecule has 0 radical (unpaired) electrons. The van der Waals surface area contributed by atoms with E-state index in [0.717, 1.165) is 6.07 Å². The first-order valence-electron chi connectivity index (χ1n) is 4.39. The zero-order valence-corrected chi connectivity index (χ0v) is 7.94. The Labute approximate surface area is 86.4 Å². The van der Waals surface area contributed by atoms with Crippen LogP contribution < -0.4 is 5.73 Å². The molecule has 0 saturated heterocycles. The predicted molar refractivity (Wildman–Crippen MR) is 51.4 cm³/mol. The van der Waals surface area contributed by atoms with Gasteiger partial charge in [0.15, 0.2) is 11.6 Å². The lowest BCUT2D eigenvalue weighted by Crippen LogP contribution is -2.12. The van der Waals surface area contributed by atoms with Crippen LogP contribution in [0.1, 0.15) is 23.6 Å². The maximum atomic E-state index is 13.1. The average Bonchev–Trinajstić information content (AvgIpc) is 2.22. The molecule has 1 aromatic carbocycles. The van der Waals surface area contributed by atoms with Gasteiger partial charge in [-0.15, -0.1) is 0 Å². The maximum Gasteiger partial charge on any atom is 0.166 e. The van der Waals surface area contributed by atoms with Crippen molar-refractivity contribution in [1.29, 1.82) is 5.26 Å². The number of phenolic OH excluding ortho intramolecular Hbond substituents is 1. The molecule has 1 aromatic rings. The summed E-state index contributed by atoms with van der Waals surface area (Å²) in [5.74, 6) is -1.44. The lowest BCUT2D eigenvalue weighted by molar-refractivity contribution is 0.275. The Balaban J connectivity index is 3.16. The van der Waals surface area contributed by atoms with E-state index in [4.69, 9.17) is 16.1 Å². The molecular formula is C10H11FN2O2. The maximum absolute atomic E-state index is 13.1. The highest BCUT2D eigenvalue weighted by Crippen LogP contribution is 2.28. The van der Waals surface area contributed by atoms with Gasteiger partial charge < -0.3 is 15.9 Å². The van der Waals surface area contributed by atoms with Crippen molar-refractivity contribution in [2.45, 2.75) is 12.5 Å². The van der Waals surface area contributed by atoms with Gasteiger partial charge >= 0.3 is 0 Å². The van der Waals surface area contributed by atoms with E-state index in [1.165, 1.54) is 6.07 Å². The summed E-state index contributed by atoms with van der Waals surface area (Å²) in [6, 6.07) is 3.33. The minimum Gasteiger partial charge on any atom is -0.505 e. The van der Waals surface area contributed by atoms with Crippen molar-refractivity contribution in [3.63, 3.8) is 0 Å². The summed E-state index contributed by atoms with van der Waals surface area (Å²) < 4.78 is 13.1. The van der Waals surface area contributed by atoms with Gasteiger partial charge in [-0.3, -0.25) is 0 Å². The van der Waals surface area contributed by atoms with Gasteiger partial charge in [0.05, 0.1) is 11.6 Å². The third kappa shape index (κ3) is 2.43. The highest BCUT2D eigenvalue weighted by Gasteiger charge is 2.15. The Morgan fingerprint density at radius 3 is 2.73 bits per heavy atom. The molecule has 80 valence electrons. The average molecular weight is 210 g/mol. The highest BCUT2D eigenvalue weighted by atomic mass is 19.1. The number of rotatable bonds is 3. The lowest BCUT2D eigenvalue weighted by atomic mass is 10.0. The van der Waals surface area contributed by atoms with Crippen LogP contribution in [0.15, 0.2) is 12.1 Å². The summed E-state index contributed by atoms with van der Waals surface area (Å²) >= 11 is 0. The fraction of sp³-hybridized carbons (Fsp3) is 0.300. The van der Waals surface area contributed by atoms with Gasteiger partial charge in [0.1, 0.15) is 0 Å². The van der Waals surface area contributed by atoms with Gasteiger partial charge in [-0.1, -0.05) is 0 Å². The molecule has 0 aromatic heterocycles. The molecular weight excluding hydrogens is 199 g/mol. The second-order valence-electron chi connectivity index (χ2n) is 3.13. The molecule has 0 unspecified atom stereocenters. The molecule has 0 amide bonds. The standard InChI is InChI=1S/C10H11FN2O2/c11-8-4-6(5-12)3-7(10(8)15)9(13)1-2-14/h3-4,9,14-15H,1-2,13H2/t9-/m0/s1. The second kappa shape index (κ2) is 4.73. The Kier molecular flexibility index (Phi) is 3.61. The monoisotopic (exact) mass is 210 g/mol. The Morgan fingerprint density at radius 1 is 1.53 bits per heavy atom. The molecule has 4 nitrogen and oxygen atoms in total. The normalized spacial score (nSPS) is 12.1. The first kappa shape index (κ1) is 11.4. The van der Waals surface area contributed by atoms with Gasteiger partial charge in [-0.25, -0.2) is 4.39 Å². The summed E-state index contributed by atoms with van der Waals surface area (Å²) in [4.78, 5) is 0. The van der Waals surface area contributed by atoms with E-state index in [1.807, 2.05) is 0 Å². The highest BCUT2D eigenvalue weighted by molar-refractivity contribution is 5.43. The molecule has 0 fully saturated rings. The number of nitrogens with zero attached hydrogens (tertiary/aromatic N) is 1. The van der Waals surface area contributed by atoms with Crippen LogP contribution in [0.5, 0.6) is 5.75 Å². The van der Waals surface area contributed by atoms with Crippen molar-refractivity contribution < 1.29 is 14.6 Å². The lowest BCUT2D eigenvalue weighted by Gasteiger charge is -2.12. The smallest absolute Gasteiger partial charge is 0.166 e. The van der Waals surface area contributed by atoms with Crippen LogP contribution in [0, 0.1) is 17.1 Å². The molecule has 15 heavy (non-hydrogen) atoms. The molecule has 1 rings (SSSR count). The summed E-state index contributed by atoms with van der Waals surface area (Å²) in [6.45, 7) is -0.168. The predicted octanol–water partition coefficient (Wildman–Crippen LogP) is 0.785.